The Hall–Kier alpha value is -2.70. The Labute approximate surface area is 146 Å². The third-order valence-corrected chi connectivity index (χ3v) is 4.80. The topological polar surface area (TPSA) is 68.3 Å². The van der Waals surface area contributed by atoms with E-state index in [1.165, 1.54) is 0 Å². The van der Waals surface area contributed by atoms with Crippen LogP contribution in [-0.2, 0) is 0 Å². The molecule has 3 aromatic rings. The summed E-state index contributed by atoms with van der Waals surface area (Å²) in [6.07, 6.45) is 11.0. The van der Waals surface area contributed by atoms with Crippen molar-refractivity contribution < 1.29 is 4.79 Å². The number of likely N-dealkylation sites (tertiary alicyclic amines) is 1. The van der Waals surface area contributed by atoms with Crippen molar-refractivity contribution in [1.82, 2.24) is 29.0 Å². The number of aromatic nitrogens is 5. The highest BCUT2D eigenvalue weighted by Gasteiger charge is 2.28. The van der Waals surface area contributed by atoms with Gasteiger partial charge < -0.3 is 9.47 Å². The predicted octanol–water partition coefficient (Wildman–Crippen LogP) is 2.53. The standard InChI is InChI=1S/C18H22N6O/c1-13(2)16-20-7-10-23(16)14-5-3-8-22(12-14)18(25)15-11-21-24-9-4-6-19-17(15)24/h4,6-7,9-11,13-14H,3,5,8,12H2,1-2H3/t14-/m0/s1. The van der Waals surface area contributed by atoms with E-state index in [9.17, 15) is 4.79 Å². The third-order valence-electron chi connectivity index (χ3n) is 4.80. The van der Waals surface area contributed by atoms with Gasteiger partial charge >= 0.3 is 0 Å². The summed E-state index contributed by atoms with van der Waals surface area (Å²) in [4.78, 5) is 23.7. The average molecular weight is 338 g/mol. The normalized spacial score (nSPS) is 18.2. The number of hydrogen-bond acceptors (Lipinski definition) is 4. The molecule has 7 heteroatoms. The molecule has 7 nitrogen and oxygen atoms in total. The summed E-state index contributed by atoms with van der Waals surface area (Å²) >= 11 is 0. The number of fused-ring (bicyclic) bond motifs is 1. The van der Waals surface area contributed by atoms with E-state index in [1.807, 2.05) is 17.3 Å². The Morgan fingerprint density at radius 3 is 2.96 bits per heavy atom. The highest BCUT2D eigenvalue weighted by Crippen LogP contribution is 2.26. The molecule has 1 aliphatic rings. The Bertz CT molecular complexity index is 896. The van der Waals surface area contributed by atoms with Crippen molar-refractivity contribution in [2.75, 3.05) is 13.1 Å². The van der Waals surface area contributed by atoms with Crippen LogP contribution in [0.1, 0.15) is 54.8 Å². The Kier molecular flexibility index (Phi) is 3.99. The molecule has 0 N–H and O–H groups in total. The first-order chi connectivity index (χ1) is 12.1. The molecule has 0 radical (unpaired) electrons. The highest BCUT2D eigenvalue weighted by atomic mass is 16.2. The highest BCUT2D eigenvalue weighted by molar-refractivity contribution is 5.99. The fourth-order valence-corrected chi connectivity index (χ4v) is 3.60. The first kappa shape index (κ1) is 15.8. The van der Waals surface area contributed by atoms with E-state index < -0.39 is 0 Å². The van der Waals surface area contributed by atoms with Crippen LogP contribution in [0.4, 0.5) is 0 Å². The van der Waals surface area contributed by atoms with Gasteiger partial charge in [-0.15, -0.1) is 0 Å². The van der Waals surface area contributed by atoms with Crippen LogP contribution in [0.2, 0.25) is 0 Å². The second kappa shape index (κ2) is 6.31. The summed E-state index contributed by atoms with van der Waals surface area (Å²) in [5, 5.41) is 4.23. The quantitative estimate of drug-likeness (QED) is 0.736. The van der Waals surface area contributed by atoms with Crippen molar-refractivity contribution in [3.8, 4) is 0 Å². The number of piperidine rings is 1. The van der Waals surface area contributed by atoms with E-state index in [2.05, 4.69) is 33.5 Å². The predicted molar refractivity (Wildman–Crippen MR) is 93.5 cm³/mol. The molecule has 4 heterocycles. The molecule has 4 rings (SSSR count). The monoisotopic (exact) mass is 338 g/mol. The van der Waals surface area contributed by atoms with Gasteiger partial charge in [0.25, 0.3) is 5.91 Å². The molecule has 0 saturated carbocycles. The van der Waals surface area contributed by atoms with Crippen LogP contribution in [0, 0.1) is 0 Å². The van der Waals surface area contributed by atoms with E-state index in [4.69, 9.17) is 0 Å². The summed E-state index contributed by atoms with van der Waals surface area (Å²) in [6.45, 7) is 5.76. The number of carbonyl (C=O) groups excluding carboxylic acids is 1. The number of nitrogens with zero attached hydrogens (tertiary/aromatic N) is 6. The third kappa shape index (κ3) is 2.79. The van der Waals surface area contributed by atoms with Gasteiger partial charge in [0.2, 0.25) is 0 Å². The molecule has 0 aliphatic carbocycles. The fraction of sp³-hybridized carbons (Fsp3) is 0.444. The Balaban J connectivity index is 1.59. The molecule has 3 aromatic heterocycles. The van der Waals surface area contributed by atoms with Crippen LogP contribution in [0.25, 0.3) is 5.65 Å². The molecular formula is C18H22N6O. The summed E-state index contributed by atoms with van der Waals surface area (Å²) < 4.78 is 3.87. The Morgan fingerprint density at radius 2 is 2.12 bits per heavy atom. The van der Waals surface area contributed by atoms with Crippen molar-refractivity contribution in [3.05, 3.63) is 48.4 Å². The number of amides is 1. The second-order valence-corrected chi connectivity index (χ2v) is 6.84. The van der Waals surface area contributed by atoms with Gasteiger partial charge in [-0.25, -0.2) is 14.5 Å². The average Bonchev–Trinajstić information content (AvgIpc) is 3.28. The van der Waals surface area contributed by atoms with Gasteiger partial charge in [0, 0.05) is 43.8 Å². The van der Waals surface area contributed by atoms with Crippen LogP contribution >= 0.6 is 0 Å². The van der Waals surface area contributed by atoms with Crippen LogP contribution in [-0.4, -0.2) is 48.0 Å². The fourth-order valence-electron chi connectivity index (χ4n) is 3.60. The van der Waals surface area contributed by atoms with E-state index in [-0.39, 0.29) is 11.9 Å². The molecule has 1 atom stereocenters. The minimum Gasteiger partial charge on any atom is -0.336 e. The molecule has 1 fully saturated rings. The first-order valence-electron chi connectivity index (χ1n) is 8.75. The van der Waals surface area contributed by atoms with E-state index >= 15 is 0 Å². The van der Waals surface area contributed by atoms with Crippen molar-refractivity contribution in [1.29, 1.82) is 0 Å². The maximum atomic E-state index is 13.0. The zero-order valence-corrected chi connectivity index (χ0v) is 14.5. The lowest BCUT2D eigenvalue weighted by molar-refractivity contribution is 0.0679. The number of rotatable bonds is 3. The number of hydrogen-bond donors (Lipinski definition) is 0. The number of imidazole rings is 1. The molecular weight excluding hydrogens is 316 g/mol. The smallest absolute Gasteiger partial charge is 0.259 e. The largest absolute Gasteiger partial charge is 0.336 e. The van der Waals surface area contributed by atoms with Crippen LogP contribution in [0.3, 0.4) is 0 Å². The van der Waals surface area contributed by atoms with Crippen molar-refractivity contribution in [3.63, 3.8) is 0 Å². The van der Waals surface area contributed by atoms with Gasteiger partial charge in [0.05, 0.1) is 12.2 Å². The molecule has 130 valence electrons. The minimum atomic E-state index is 0.00427. The van der Waals surface area contributed by atoms with Crippen molar-refractivity contribution in [2.24, 2.45) is 0 Å². The lowest BCUT2D eigenvalue weighted by Crippen LogP contribution is -2.41. The zero-order valence-electron chi connectivity index (χ0n) is 14.5. The van der Waals surface area contributed by atoms with Crippen LogP contribution in [0.15, 0.2) is 37.1 Å². The second-order valence-electron chi connectivity index (χ2n) is 6.84. The van der Waals surface area contributed by atoms with Gasteiger partial charge in [-0.2, -0.15) is 5.10 Å². The summed E-state index contributed by atoms with van der Waals surface area (Å²) in [6, 6.07) is 2.07. The van der Waals surface area contributed by atoms with Gasteiger partial charge in [-0.05, 0) is 18.9 Å². The van der Waals surface area contributed by atoms with Gasteiger partial charge in [-0.1, -0.05) is 13.8 Å². The SMILES string of the molecule is CC(C)c1nccn1[C@H]1CCCN(C(=O)c2cnn3cccnc23)C1. The lowest BCUT2D eigenvalue weighted by Gasteiger charge is -2.34. The molecule has 0 unspecified atom stereocenters. The van der Waals surface area contributed by atoms with Crippen LogP contribution in [0.5, 0.6) is 0 Å². The van der Waals surface area contributed by atoms with Gasteiger partial charge in [0.1, 0.15) is 11.4 Å². The van der Waals surface area contributed by atoms with E-state index in [0.29, 0.717) is 23.7 Å². The van der Waals surface area contributed by atoms with E-state index in [0.717, 1.165) is 25.2 Å². The summed E-state index contributed by atoms with van der Waals surface area (Å²) in [5.41, 5.74) is 1.18. The van der Waals surface area contributed by atoms with Gasteiger partial charge in [0.15, 0.2) is 5.65 Å². The molecule has 25 heavy (non-hydrogen) atoms. The van der Waals surface area contributed by atoms with Crippen molar-refractivity contribution in [2.45, 2.75) is 38.6 Å². The molecule has 1 saturated heterocycles. The lowest BCUT2D eigenvalue weighted by atomic mass is 10.0. The molecule has 0 aromatic carbocycles. The number of carbonyl (C=O) groups is 1. The van der Waals surface area contributed by atoms with Gasteiger partial charge in [-0.3, -0.25) is 4.79 Å². The maximum Gasteiger partial charge on any atom is 0.259 e. The summed E-state index contributed by atoms with van der Waals surface area (Å²) in [7, 11) is 0. The molecule has 1 amide bonds. The Morgan fingerprint density at radius 1 is 1.24 bits per heavy atom. The summed E-state index contributed by atoms with van der Waals surface area (Å²) in [5.74, 6) is 1.45. The first-order valence-corrected chi connectivity index (χ1v) is 8.75. The van der Waals surface area contributed by atoms with Crippen LogP contribution < -0.4 is 0 Å². The molecule has 0 spiro atoms. The maximum absolute atomic E-state index is 13.0. The van der Waals surface area contributed by atoms with Crippen molar-refractivity contribution >= 4 is 11.6 Å². The minimum absolute atomic E-state index is 0.00427. The molecule has 1 aliphatic heterocycles. The van der Waals surface area contributed by atoms with E-state index in [1.54, 1.807) is 29.2 Å². The molecule has 0 bridgehead atoms. The zero-order chi connectivity index (χ0) is 17.4.